The molecule has 0 fully saturated rings. The molecule has 0 saturated carbocycles. The van der Waals surface area contributed by atoms with Crippen molar-refractivity contribution in [1.29, 1.82) is 0 Å². The molecule has 0 radical (unpaired) electrons. The maximum atomic E-state index is 13.3. The fourth-order valence-corrected chi connectivity index (χ4v) is 1.42. The van der Waals surface area contributed by atoms with Gasteiger partial charge in [0.1, 0.15) is 0 Å². The maximum absolute atomic E-state index is 13.3. The van der Waals surface area contributed by atoms with Crippen LogP contribution in [0.25, 0.3) is 0 Å². The number of nitrogens with one attached hydrogen (secondary N) is 2. The molecule has 0 saturated heterocycles. The number of hydrogen-bond donors (Lipinski definition) is 2. The number of benzene rings is 1. The van der Waals surface area contributed by atoms with Crippen LogP contribution in [0, 0.1) is 5.82 Å². The summed E-state index contributed by atoms with van der Waals surface area (Å²) >= 11 is 0. The van der Waals surface area contributed by atoms with Gasteiger partial charge in [-0.05, 0) is 32.1 Å². The molecule has 20 heavy (non-hydrogen) atoms. The fraction of sp³-hybridized carbons (Fsp3) is 0.417. The van der Waals surface area contributed by atoms with E-state index in [4.69, 9.17) is 0 Å². The highest BCUT2D eigenvalue weighted by Gasteiger charge is 2.11. The van der Waals surface area contributed by atoms with Gasteiger partial charge in [-0.1, -0.05) is 0 Å². The molecule has 0 aliphatic carbocycles. The lowest BCUT2D eigenvalue weighted by atomic mass is 10.2. The number of halogens is 4. The molecular weight excluding hydrogens is 297 g/mol. The van der Waals surface area contributed by atoms with E-state index in [0.29, 0.717) is 13.0 Å². The average molecular weight is 313 g/mol. The van der Waals surface area contributed by atoms with E-state index in [9.17, 15) is 18.0 Å². The van der Waals surface area contributed by atoms with Gasteiger partial charge in [0.2, 0.25) is 5.91 Å². The molecule has 4 nitrogen and oxygen atoms in total. The number of rotatable bonds is 7. The summed E-state index contributed by atoms with van der Waals surface area (Å²) in [6, 6.07) is 3.29. The van der Waals surface area contributed by atoms with Crippen LogP contribution >= 0.6 is 12.4 Å². The molecule has 1 rings (SSSR count). The van der Waals surface area contributed by atoms with Gasteiger partial charge in [0.05, 0.1) is 0 Å². The van der Waals surface area contributed by atoms with E-state index in [2.05, 4.69) is 15.4 Å². The third-order valence-corrected chi connectivity index (χ3v) is 2.26. The number of amides is 1. The molecule has 0 spiro atoms. The van der Waals surface area contributed by atoms with Crippen molar-refractivity contribution in [1.82, 2.24) is 5.32 Å². The Labute approximate surface area is 121 Å². The SMILES string of the molecule is CNCCCC(=O)Nc1ccc(OC(F)F)c(F)c1.Cl. The zero-order valence-electron chi connectivity index (χ0n) is 10.8. The van der Waals surface area contributed by atoms with Crippen LogP contribution in [-0.2, 0) is 4.79 Å². The van der Waals surface area contributed by atoms with Crippen molar-refractivity contribution in [2.75, 3.05) is 18.9 Å². The minimum atomic E-state index is -3.09. The zero-order valence-corrected chi connectivity index (χ0v) is 11.6. The summed E-state index contributed by atoms with van der Waals surface area (Å²) in [5.41, 5.74) is 0.202. The van der Waals surface area contributed by atoms with Crippen LogP contribution in [0.2, 0.25) is 0 Å². The molecule has 0 atom stereocenters. The van der Waals surface area contributed by atoms with Gasteiger partial charge < -0.3 is 15.4 Å². The van der Waals surface area contributed by atoms with E-state index >= 15 is 0 Å². The van der Waals surface area contributed by atoms with Gasteiger partial charge in [-0.25, -0.2) is 4.39 Å². The van der Waals surface area contributed by atoms with Crippen LogP contribution in [0.4, 0.5) is 18.9 Å². The van der Waals surface area contributed by atoms with E-state index < -0.39 is 18.2 Å². The Kier molecular flexibility index (Phi) is 8.74. The van der Waals surface area contributed by atoms with Crippen molar-refractivity contribution in [3.63, 3.8) is 0 Å². The largest absolute Gasteiger partial charge is 0.432 e. The highest BCUT2D eigenvalue weighted by molar-refractivity contribution is 5.90. The quantitative estimate of drug-likeness (QED) is 0.761. The number of alkyl halides is 2. The van der Waals surface area contributed by atoms with Crippen LogP contribution < -0.4 is 15.4 Å². The summed E-state index contributed by atoms with van der Waals surface area (Å²) < 4.78 is 41.1. The summed E-state index contributed by atoms with van der Waals surface area (Å²) in [5.74, 6) is -1.77. The van der Waals surface area contributed by atoms with Crippen LogP contribution in [-0.4, -0.2) is 26.1 Å². The van der Waals surface area contributed by atoms with E-state index in [1.807, 2.05) is 0 Å². The van der Waals surface area contributed by atoms with Gasteiger partial charge >= 0.3 is 6.61 Å². The number of ether oxygens (including phenoxy) is 1. The highest BCUT2D eigenvalue weighted by atomic mass is 35.5. The Morgan fingerprint density at radius 2 is 2.10 bits per heavy atom. The molecule has 2 N–H and O–H groups in total. The van der Waals surface area contributed by atoms with E-state index in [-0.39, 0.29) is 30.4 Å². The molecule has 0 aliphatic heterocycles. The van der Waals surface area contributed by atoms with Gasteiger partial charge in [0.15, 0.2) is 11.6 Å². The Morgan fingerprint density at radius 3 is 2.65 bits per heavy atom. The molecule has 1 aromatic rings. The van der Waals surface area contributed by atoms with Crippen LogP contribution in [0.15, 0.2) is 18.2 Å². The molecule has 0 aromatic heterocycles. The van der Waals surface area contributed by atoms with Crippen LogP contribution in [0.1, 0.15) is 12.8 Å². The summed E-state index contributed by atoms with van der Waals surface area (Å²) in [6.07, 6.45) is 0.940. The van der Waals surface area contributed by atoms with Crippen LogP contribution in [0.5, 0.6) is 5.75 Å². The topological polar surface area (TPSA) is 50.4 Å². The van der Waals surface area contributed by atoms with E-state index in [0.717, 1.165) is 12.1 Å². The maximum Gasteiger partial charge on any atom is 0.387 e. The van der Waals surface area contributed by atoms with Crippen molar-refractivity contribution in [3.8, 4) is 5.75 Å². The summed E-state index contributed by atoms with van der Waals surface area (Å²) in [4.78, 5) is 11.4. The molecule has 1 aromatic carbocycles. The Morgan fingerprint density at radius 1 is 1.40 bits per heavy atom. The highest BCUT2D eigenvalue weighted by Crippen LogP contribution is 2.22. The van der Waals surface area contributed by atoms with E-state index in [1.165, 1.54) is 6.07 Å². The normalized spacial score (nSPS) is 10.1. The summed E-state index contributed by atoms with van der Waals surface area (Å²) in [6.45, 7) is -2.39. The lowest BCUT2D eigenvalue weighted by Gasteiger charge is -2.08. The van der Waals surface area contributed by atoms with Crippen molar-refractivity contribution < 1.29 is 22.7 Å². The average Bonchev–Trinajstić information content (AvgIpc) is 2.32. The smallest absolute Gasteiger partial charge is 0.387 e. The van der Waals surface area contributed by atoms with Gasteiger partial charge in [0, 0.05) is 18.2 Å². The first-order valence-electron chi connectivity index (χ1n) is 5.71. The Bertz CT molecular complexity index is 433. The lowest BCUT2D eigenvalue weighted by Crippen LogP contribution is -2.15. The minimum absolute atomic E-state index is 0. The van der Waals surface area contributed by atoms with Crippen molar-refractivity contribution >= 4 is 24.0 Å². The van der Waals surface area contributed by atoms with Crippen molar-refractivity contribution in [3.05, 3.63) is 24.0 Å². The van der Waals surface area contributed by atoms with Gasteiger partial charge in [0.25, 0.3) is 0 Å². The first-order valence-corrected chi connectivity index (χ1v) is 5.71. The number of carbonyl (C=O) groups is 1. The number of carbonyl (C=O) groups excluding carboxylic acids is 1. The van der Waals surface area contributed by atoms with Gasteiger partial charge in [-0.3, -0.25) is 4.79 Å². The summed E-state index contributed by atoms with van der Waals surface area (Å²) in [7, 11) is 1.77. The Hall–Kier alpha value is -1.47. The fourth-order valence-electron chi connectivity index (χ4n) is 1.42. The predicted molar refractivity (Wildman–Crippen MR) is 72.1 cm³/mol. The second-order valence-electron chi connectivity index (χ2n) is 3.78. The van der Waals surface area contributed by atoms with Gasteiger partial charge in [-0.15, -0.1) is 12.4 Å². The molecule has 1 amide bonds. The van der Waals surface area contributed by atoms with Crippen LogP contribution in [0.3, 0.4) is 0 Å². The minimum Gasteiger partial charge on any atom is -0.432 e. The van der Waals surface area contributed by atoms with Gasteiger partial charge in [-0.2, -0.15) is 8.78 Å². The first-order chi connectivity index (χ1) is 9.02. The molecule has 0 heterocycles. The third kappa shape index (κ3) is 6.63. The monoisotopic (exact) mass is 312 g/mol. The second kappa shape index (κ2) is 9.44. The van der Waals surface area contributed by atoms with E-state index in [1.54, 1.807) is 7.05 Å². The number of hydrogen-bond acceptors (Lipinski definition) is 3. The zero-order chi connectivity index (χ0) is 14.3. The second-order valence-corrected chi connectivity index (χ2v) is 3.78. The first kappa shape index (κ1) is 18.5. The standard InChI is InChI=1S/C12H15F3N2O2.ClH/c1-16-6-2-3-11(18)17-8-4-5-10(9(13)7-8)19-12(14)15;/h4-5,7,12,16H,2-3,6H2,1H3,(H,17,18);1H. The summed E-state index contributed by atoms with van der Waals surface area (Å²) in [5, 5.41) is 5.37. The molecular formula is C12H16ClF3N2O2. The molecule has 0 bridgehead atoms. The predicted octanol–water partition coefficient (Wildman–Crippen LogP) is 2.79. The molecule has 8 heteroatoms. The Balaban J connectivity index is 0.00000361. The third-order valence-electron chi connectivity index (χ3n) is 2.26. The molecule has 114 valence electrons. The molecule has 0 unspecified atom stereocenters. The number of anilines is 1. The lowest BCUT2D eigenvalue weighted by molar-refractivity contribution is -0.116. The van der Waals surface area contributed by atoms with Crippen molar-refractivity contribution in [2.24, 2.45) is 0 Å². The molecule has 0 aliphatic rings. The van der Waals surface area contributed by atoms with Crippen molar-refractivity contribution in [2.45, 2.75) is 19.5 Å².